The van der Waals surface area contributed by atoms with E-state index >= 15 is 0 Å². The Hall–Kier alpha value is -2.76. The van der Waals surface area contributed by atoms with Crippen molar-refractivity contribution >= 4 is 33.4 Å². The molecular weight excluding hydrogens is 454 g/mol. The summed E-state index contributed by atoms with van der Waals surface area (Å²) in [4.78, 5) is 29.1. The molecule has 31 heavy (non-hydrogen) atoms. The van der Waals surface area contributed by atoms with Crippen molar-refractivity contribution in [2.45, 2.75) is 18.3 Å². The monoisotopic (exact) mass is 473 g/mol. The molecule has 3 aliphatic carbocycles. The molecule has 7 rings (SSSR count). The topological polar surface area (TPSA) is 57.6 Å². The maximum Gasteiger partial charge on any atom is 0.239 e. The van der Waals surface area contributed by atoms with Crippen molar-refractivity contribution in [2.75, 3.05) is 11.5 Å². The van der Waals surface area contributed by atoms with Crippen LogP contribution in [0.2, 0.25) is 0 Å². The lowest BCUT2D eigenvalue weighted by Gasteiger charge is -2.53. The largest absolute Gasteiger partial charge is 0.395 e. The van der Waals surface area contributed by atoms with Crippen molar-refractivity contribution in [2.24, 2.45) is 11.8 Å². The van der Waals surface area contributed by atoms with Gasteiger partial charge in [0.05, 0.1) is 29.5 Å². The summed E-state index contributed by atoms with van der Waals surface area (Å²) in [6.45, 7) is 1.74. The number of imide groups is 1. The molecule has 1 heterocycles. The van der Waals surface area contributed by atoms with Gasteiger partial charge in [-0.25, -0.2) is 4.90 Å². The molecule has 1 N–H and O–H groups in total. The Bertz CT molecular complexity index is 1240. The minimum atomic E-state index is -0.925. The molecule has 3 aromatic rings. The van der Waals surface area contributed by atoms with Gasteiger partial charge in [-0.1, -0.05) is 54.6 Å². The number of amides is 2. The highest BCUT2D eigenvalue weighted by Crippen LogP contribution is 2.64. The van der Waals surface area contributed by atoms with E-state index in [0.29, 0.717) is 10.2 Å². The lowest BCUT2D eigenvalue weighted by atomic mass is 9.47. The van der Waals surface area contributed by atoms with Crippen LogP contribution in [0.5, 0.6) is 0 Å². The van der Waals surface area contributed by atoms with E-state index in [2.05, 4.69) is 15.9 Å². The van der Waals surface area contributed by atoms with E-state index < -0.39 is 17.3 Å². The van der Waals surface area contributed by atoms with Crippen molar-refractivity contribution in [1.82, 2.24) is 0 Å². The van der Waals surface area contributed by atoms with Gasteiger partial charge in [0.25, 0.3) is 0 Å². The van der Waals surface area contributed by atoms with Crippen molar-refractivity contribution in [1.29, 1.82) is 0 Å². The standard InChI is InChI=1S/C26H20BrNO3/c1-14-10-11-20(19(27)12-14)28-24(30)22-21-15-6-2-4-8-17(15)26(13-29,23(22)25(28)31)18-9-5-3-7-16(18)21/h2-12,21-23,29H,13H2,1H3. The van der Waals surface area contributed by atoms with Crippen LogP contribution in [0.1, 0.15) is 33.7 Å². The number of carbonyl (C=O) groups excluding carboxylic acids is 2. The molecule has 3 aromatic carbocycles. The van der Waals surface area contributed by atoms with E-state index in [-0.39, 0.29) is 24.3 Å². The van der Waals surface area contributed by atoms with E-state index in [4.69, 9.17) is 0 Å². The number of aliphatic hydroxyl groups excluding tert-OH is 1. The summed E-state index contributed by atoms with van der Waals surface area (Å²) < 4.78 is 0.716. The van der Waals surface area contributed by atoms with Crippen molar-refractivity contribution in [3.05, 3.63) is 99.0 Å². The summed E-state index contributed by atoms with van der Waals surface area (Å²) in [6, 6.07) is 21.6. The highest BCUT2D eigenvalue weighted by molar-refractivity contribution is 9.10. The van der Waals surface area contributed by atoms with Gasteiger partial charge in [0.2, 0.25) is 11.8 Å². The Balaban J connectivity index is 1.64. The average molecular weight is 474 g/mol. The van der Waals surface area contributed by atoms with Crippen LogP contribution >= 0.6 is 15.9 Å². The van der Waals surface area contributed by atoms with E-state index in [0.717, 1.165) is 27.8 Å². The average Bonchev–Trinajstić information content (AvgIpc) is 3.05. The lowest BCUT2D eigenvalue weighted by molar-refractivity contribution is -0.124. The van der Waals surface area contributed by atoms with E-state index in [9.17, 15) is 14.7 Å². The maximum atomic E-state index is 13.9. The molecule has 154 valence electrons. The van der Waals surface area contributed by atoms with Gasteiger partial charge in [0, 0.05) is 10.4 Å². The second-order valence-corrected chi connectivity index (χ2v) is 9.61. The predicted molar refractivity (Wildman–Crippen MR) is 121 cm³/mol. The van der Waals surface area contributed by atoms with E-state index in [1.54, 1.807) is 0 Å². The smallest absolute Gasteiger partial charge is 0.239 e. The zero-order valence-electron chi connectivity index (χ0n) is 16.9. The Labute approximate surface area is 188 Å². The van der Waals surface area contributed by atoms with Gasteiger partial charge in [0.1, 0.15) is 0 Å². The normalized spacial score (nSPS) is 27.8. The zero-order chi connectivity index (χ0) is 21.5. The first-order chi connectivity index (χ1) is 15.0. The van der Waals surface area contributed by atoms with Gasteiger partial charge in [-0.2, -0.15) is 0 Å². The predicted octanol–water partition coefficient (Wildman–Crippen LogP) is 4.30. The Kier molecular flexibility index (Phi) is 3.90. The Morgan fingerprint density at radius 1 is 0.935 bits per heavy atom. The van der Waals surface area contributed by atoms with Crippen LogP contribution in [0.3, 0.4) is 0 Å². The summed E-state index contributed by atoms with van der Waals surface area (Å²) in [5.74, 6) is -1.78. The van der Waals surface area contributed by atoms with Gasteiger partial charge in [-0.05, 0) is 62.8 Å². The second-order valence-electron chi connectivity index (χ2n) is 8.75. The summed E-state index contributed by atoms with van der Waals surface area (Å²) in [6.07, 6.45) is 0. The Morgan fingerprint density at radius 3 is 2.13 bits per heavy atom. The number of nitrogens with zero attached hydrogens (tertiary/aromatic N) is 1. The number of rotatable bonds is 2. The van der Waals surface area contributed by atoms with Gasteiger partial charge in [-0.3, -0.25) is 9.59 Å². The van der Waals surface area contributed by atoms with Crippen LogP contribution in [0.25, 0.3) is 0 Å². The fourth-order valence-corrected chi connectivity index (χ4v) is 6.90. The molecular formula is C26H20BrNO3. The van der Waals surface area contributed by atoms with Crippen LogP contribution < -0.4 is 4.90 Å². The van der Waals surface area contributed by atoms with Crippen LogP contribution in [0.4, 0.5) is 5.69 Å². The van der Waals surface area contributed by atoms with E-state index in [1.807, 2.05) is 73.7 Å². The number of hydrogen-bond donors (Lipinski definition) is 1. The van der Waals surface area contributed by atoms with Crippen LogP contribution in [0, 0.1) is 18.8 Å². The van der Waals surface area contributed by atoms with Crippen molar-refractivity contribution < 1.29 is 14.7 Å². The molecule has 1 saturated heterocycles. The van der Waals surface area contributed by atoms with Crippen molar-refractivity contribution in [3.8, 4) is 0 Å². The summed E-state index contributed by atoms with van der Waals surface area (Å²) in [5.41, 5.74) is 4.70. The number of halogens is 1. The first kappa shape index (κ1) is 19.0. The highest BCUT2D eigenvalue weighted by atomic mass is 79.9. The number of carbonyl (C=O) groups is 2. The minimum absolute atomic E-state index is 0.189. The molecule has 2 bridgehead atoms. The molecule has 0 saturated carbocycles. The molecule has 5 heteroatoms. The lowest BCUT2D eigenvalue weighted by Crippen LogP contribution is -2.55. The van der Waals surface area contributed by atoms with Crippen LogP contribution in [0.15, 0.2) is 71.2 Å². The first-order valence-corrected chi connectivity index (χ1v) is 11.2. The molecule has 1 aliphatic heterocycles. The molecule has 2 amide bonds. The molecule has 0 spiro atoms. The van der Waals surface area contributed by atoms with Gasteiger partial charge in [0.15, 0.2) is 0 Å². The number of hydrogen-bond acceptors (Lipinski definition) is 3. The molecule has 2 unspecified atom stereocenters. The van der Waals surface area contributed by atoms with Crippen LogP contribution in [-0.4, -0.2) is 23.5 Å². The molecule has 0 aromatic heterocycles. The number of aliphatic hydroxyl groups is 1. The van der Waals surface area contributed by atoms with E-state index in [1.165, 1.54) is 4.90 Å². The van der Waals surface area contributed by atoms with Gasteiger partial charge < -0.3 is 5.11 Å². The number of aryl methyl sites for hydroxylation is 1. The third-order valence-electron chi connectivity index (χ3n) is 7.39. The fraction of sp³-hybridized carbons (Fsp3) is 0.231. The third kappa shape index (κ3) is 2.18. The third-order valence-corrected chi connectivity index (χ3v) is 8.02. The first-order valence-electron chi connectivity index (χ1n) is 10.4. The SMILES string of the molecule is Cc1ccc(N2C(=O)C3C4c5ccccc5C(CO)(c5ccccc54)C3C2=O)c(Br)c1. The molecule has 2 atom stereocenters. The minimum Gasteiger partial charge on any atom is -0.395 e. The van der Waals surface area contributed by atoms with Gasteiger partial charge >= 0.3 is 0 Å². The summed E-state index contributed by atoms with van der Waals surface area (Å²) in [5, 5.41) is 10.9. The van der Waals surface area contributed by atoms with Crippen LogP contribution in [-0.2, 0) is 15.0 Å². The van der Waals surface area contributed by atoms with Crippen molar-refractivity contribution in [3.63, 3.8) is 0 Å². The van der Waals surface area contributed by atoms with Gasteiger partial charge in [-0.15, -0.1) is 0 Å². The second kappa shape index (κ2) is 6.38. The fourth-order valence-electron chi connectivity index (χ4n) is 6.23. The summed E-state index contributed by atoms with van der Waals surface area (Å²) >= 11 is 3.55. The molecule has 4 nitrogen and oxygen atoms in total. The summed E-state index contributed by atoms with van der Waals surface area (Å²) in [7, 11) is 0. The number of anilines is 1. The maximum absolute atomic E-state index is 13.9. The molecule has 0 radical (unpaired) electrons. The number of benzene rings is 3. The Morgan fingerprint density at radius 2 is 1.55 bits per heavy atom. The highest BCUT2D eigenvalue weighted by Gasteiger charge is 2.68. The zero-order valence-corrected chi connectivity index (χ0v) is 18.5. The quantitative estimate of drug-likeness (QED) is 0.564. The molecule has 4 aliphatic rings. The molecule has 1 fully saturated rings.